The zero-order chi connectivity index (χ0) is 13.2. The van der Waals surface area contributed by atoms with Crippen molar-refractivity contribution in [2.24, 2.45) is 5.92 Å². The summed E-state index contributed by atoms with van der Waals surface area (Å²) in [5.41, 5.74) is 0. The lowest BCUT2D eigenvalue weighted by atomic mass is 9.97. The number of ketones is 1. The molecule has 3 nitrogen and oxygen atoms in total. The molecular formula is C13H21F2NO2. The molecule has 2 unspecified atom stereocenters. The molecule has 2 fully saturated rings. The van der Waals surface area contributed by atoms with E-state index in [1.54, 1.807) is 0 Å². The molecule has 5 heteroatoms. The molecule has 0 aromatic carbocycles. The molecule has 1 saturated carbocycles. The largest absolute Gasteiger partial charge is 0.368 e. The van der Waals surface area contributed by atoms with Gasteiger partial charge in [-0.3, -0.25) is 9.69 Å². The second-order valence-corrected chi connectivity index (χ2v) is 5.39. The number of likely N-dealkylation sites (N-methyl/N-ethyl adjacent to an activating group) is 1. The fraction of sp³-hybridized carbons (Fsp3) is 0.923. The second-order valence-electron chi connectivity index (χ2n) is 5.39. The van der Waals surface area contributed by atoms with Crippen LogP contribution >= 0.6 is 0 Å². The monoisotopic (exact) mass is 261 g/mol. The van der Waals surface area contributed by atoms with E-state index in [1.165, 1.54) is 0 Å². The van der Waals surface area contributed by atoms with Crippen molar-refractivity contribution in [2.45, 2.75) is 44.6 Å². The zero-order valence-corrected chi connectivity index (χ0v) is 10.8. The number of rotatable bonds is 4. The quantitative estimate of drug-likeness (QED) is 0.776. The van der Waals surface area contributed by atoms with Crippen LogP contribution in [0.5, 0.6) is 0 Å². The van der Waals surface area contributed by atoms with Crippen LogP contribution in [-0.4, -0.2) is 49.0 Å². The normalized spacial score (nSPS) is 32.6. The third-order valence-corrected chi connectivity index (χ3v) is 3.95. The average Bonchev–Trinajstić information content (AvgIpc) is 2.68. The number of halogens is 2. The van der Waals surface area contributed by atoms with Gasteiger partial charge in [-0.1, -0.05) is 6.92 Å². The molecule has 104 valence electrons. The summed E-state index contributed by atoms with van der Waals surface area (Å²) in [4.78, 5) is 14.2. The molecule has 0 amide bonds. The highest BCUT2D eigenvalue weighted by Gasteiger charge is 2.40. The second kappa shape index (κ2) is 5.61. The smallest absolute Gasteiger partial charge is 0.248 e. The minimum absolute atomic E-state index is 0.00384. The lowest BCUT2D eigenvalue weighted by Gasteiger charge is -2.31. The highest BCUT2D eigenvalue weighted by Crippen LogP contribution is 2.40. The molecule has 1 aliphatic heterocycles. The van der Waals surface area contributed by atoms with E-state index < -0.39 is 12.0 Å². The van der Waals surface area contributed by atoms with Gasteiger partial charge in [0, 0.05) is 32.4 Å². The maximum atomic E-state index is 13.1. The van der Waals surface area contributed by atoms with E-state index in [4.69, 9.17) is 4.74 Å². The van der Waals surface area contributed by atoms with Crippen molar-refractivity contribution >= 4 is 5.78 Å². The summed E-state index contributed by atoms with van der Waals surface area (Å²) in [6, 6.07) is 0. The molecule has 0 aromatic rings. The number of hydrogen-bond acceptors (Lipinski definition) is 3. The Hall–Kier alpha value is -0.550. The molecule has 0 spiro atoms. The van der Waals surface area contributed by atoms with Gasteiger partial charge in [-0.15, -0.1) is 0 Å². The molecule has 0 bridgehead atoms. The van der Waals surface area contributed by atoms with Crippen molar-refractivity contribution in [3.05, 3.63) is 0 Å². The number of carbonyl (C=O) groups excluding carboxylic acids is 1. The summed E-state index contributed by atoms with van der Waals surface area (Å²) >= 11 is 0. The number of nitrogens with zero attached hydrogens (tertiary/aromatic N) is 1. The summed E-state index contributed by atoms with van der Waals surface area (Å²) in [6.45, 7) is 4.96. The summed E-state index contributed by atoms with van der Waals surface area (Å²) < 4.78 is 31.6. The van der Waals surface area contributed by atoms with Gasteiger partial charge in [-0.2, -0.15) is 0 Å². The summed E-state index contributed by atoms with van der Waals surface area (Å²) in [6.07, 6.45) is 0.0919. The number of ether oxygens (including phenoxy) is 1. The number of Topliss-reactive ketones (excluding diaryl/α,β-unsaturated/α-hetero) is 1. The fourth-order valence-electron chi connectivity index (χ4n) is 2.82. The van der Waals surface area contributed by atoms with Gasteiger partial charge in [0.25, 0.3) is 0 Å². The van der Waals surface area contributed by atoms with Gasteiger partial charge in [-0.05, 0) is 18.9 Å². The fourth-order valence-corrected chi connectivity index (χ4v) is 2.82. The maximum Gasteiger partial charge on any atom is 0.248 e. The van der Waals surface area contributed by atoms with Gasteiger partial charge in [-0.25, -0.2) is 8.78 Å². The Morgan fingerprint density at radius 2 is 2.28 bits per heavy atom. The Morgan fingerprint density at radius 1 is 1.50 bits per heavy atom. The van der Waals surface area contributed by atoms with Crippen LogP contribution in [-0.2, 0) is 9.53 Å². The minimum atomic E-state index is -2.56. The molecule has 0 N–H and O–H groups in total. The highest BCUT2D eigenvalue weighted by molar-refractivity contribution is 5.83. The predicted molar refractivity (Wildman–Crippen MR) is 63.8 cm³/mol. The lowest BCUT2D eigenvalue weighted by Crippen LogP contribution is -2.46. The standard InChI is InChI=1S/C13H21F2NO2/c1-2-16-5-6-18-12(9-16)11(17)7-10-3-4-13(14,15)8-10/h10,12H,2-9H2,1H3. The Labute approximate surface area is 106 Å². The average molecular weight is 261 g/mol. The molecule has 0 aromatic heterocycles. The Balaban J connectivity index is 1.81. The van der Waals surface area contributed by atoms with Crippen molar-refractivity contribution in [3.8, 4) is 0 Å². The Morgan fingerprint density at radius 3 is 2.89 bits per heavy atom. The number of morpholine rings is 1. The molecular weight excluding hydrogens is 240 g/mol. The van der Waals surface area contributed by atoms with Crippen LogP contribution in [0.25, 0.3) is 0 Å². The van der Waals surface area contributed by atoms with Crippen LogP contribution in [0.4, 0.5) is 8.78 Å². The molecule has 2 rings (SSSR count). The Bertz CT molecular complexity index is 309. The van der Waals surface area contributed by atoms with Crippen LogP contribution in [0, 0.1) is 5.92 Å². The van der Waals surface area contributed by atoms with E-state index in [1.807, 2.05) is 6.92 Å². The summed E-state index contributed by atoms with van der Waals surface area (Å²) in [5.74, 6) is -2.72. The number of hydrogen-bond donors (Lipinski definition) is 0. The zero-order valence-electron chi connectivity index (χ0n) is 10.8. The first-order valence-corrected chi connectivity index (χ1v) is 6.74. The first kappa shape index (κ1) is 13.9. The summed E-state index contributed by atoms with van der Waals surface area (Å²) in [5, 5.41) is 0. The van der Waals surface area contributed by atoms with Gasteiger partial charge in [0.2, 0.25) is 5.92 Å². The third kappa shape index (κ3) is 3.48. The topological polar surface area (TPSA) is 29.5 Å². The van der Waals surface area contributed by atoms with E-state index in [0.717, 1.165) is 13.1 Å². The number of alkyl halides is 2. The van der Waals surface area contributed by atoms with E-state index >= 15 is 0 Å². The predicted octanol–water partition coefficient (Wildman–Crippen LogP) is 2.10. The number of carbonyl (C=O) groups is 1. The van der Waals surface area contributed by atoms with Gasteiger partial charge in [0.05, 0.1) is 6.61 Å². The van der Waals surface area contributed by atoms with Crippen molar-refractivity contribution in [1.29, 1.82) is 0 Å². The molecule has 1 heterocycles. The van der Waals surface area contributed by atoms with Gasteiger partial charge in [0.15, 0.2) is 5.78 Å². The van der Waals surface area contributed by atoms with Crippen LogP contribution in [0.3, 0.4) is 0 Å². The first-order valence-electron chi connectivity index (χ1n) is 6.74. The Kier molecular flexibility index (Phi) is 4.33. The van der Waals surface area contributed by atoms with Crippen LogP contribution in [0.2, 0.25) is 0 Å². The SMILES string of the molecule is CCN1CCOC(C(=O)CC2CCC(F)(F)C2)C1. The molecule has 1 saturated heterocycles. The van der Waals surface area contributed by atoms with Gasteiger partial charge >= 0.3 is 0 Å². The molecule has 0 radical (unpaired) electrons. The van der Waals surface area contributed by atoms with Crippen molar-refractivity contribution in [2.75, 3.05) is 26.2 Å². The van der Waals surface area contributed by atoms with Crippen molar-refractivity contribution in [1.82, 2.24) is 4.90 Å². The minimum Gasteiger partial charge on any atom is -0.368 e. The van der Waals surface area contributed by atoms with Crippen LogP contribution < -0.4 is 0 Å². The van der Waals surface area contributed by atoms with E-state index in [9.17, 15) is 13.6 Å². The van der Waals surface area contributed by atoms with Crippen LogP contribution in [0.1, 0.15) is 32.6 Å². The highest BCUT2D eigenvalue weighted by atomic mass is 19.3. The van der Waals surface area contributed by atoms with Gasteiger partial charge in [0.1, 0.15) is 6.10 Å². The molecule has 2 atom stereocenters. The van der Waals surface area contributed by atoms with E-state index in [0.29, 0.717) is 19.6 Å². The lowest BCUT2D eigenvalue weighted by molar-refractivity contribution is -0.137. The maximum absolute atomic E-state index is 13.1. The molecule has 2 aliphatic rings. The van der Waals surface area contributed by atoms with Crippen molar-refractivity contribution in [3.63, 3.8) is 0 Å². The summed E-state index contributed by atoms with van der Waals surface area (Å²) in [7, 11) is 0. The van der Waals surface area contributed by atoms with E-state index in [2.05, 4.69) is 4.90 Å². The van der Waals surface area contributed by atoms with Crippen molar-refractivity contribution < 1.29 is 18.3 Å². The molecule has 1 aliphatic carbocycles. The van der Waals surface area contributed by atoms with Crippen LogP contribution in [0.15, 0.2) is 0 Å². The van der Waals surface area contributed by atoms with E-state index in [-0.39, 0.29) is 31.0 Å². The van der Waals surface area contributed by atoms with Gasteiger partial charge < -0.3 is 4.74 Å². The third-order valence-electron chi connectivity index (χ3n) is 3.95. The molecule has 18 heavy (non-hydrogen) atoms. The first-order chi connectivity index (χ1) is 8.50.